The molecule has 0 saturated carbocycles. The molecular formula is C57H42FIr3N4O2-3. The van der Waals surface area contributed by atoms with E-state index in [9.17, 15) is 9.18 Å². The Morgan fingerprint density at radius 2 is 0.836 bits per heavy atom. The first-order chi connectivity index (χ1) is 31.2. The van der Waals surface area contributed by atoms with Gasteiger partial charge in [-0.3, -0.25) is 4.79 Å². The molecule has 9 aromatic rings. The molecule has 3 aromatic heterocycles. The van der Waals surface area contributed by atoms with Crippen molar-refractivity contribution in [1.82, 2.24) is 15.0 Å². The zero-order valence-corrected chi connectivity index (χ0v) is 43.4. The fourth-order valence-corrected chi connectivity index (χ4v) is 6.13. The summed E-state index contributed by atoms with van der Waals surface area (Å²) in [6.45, 7) is 2.85. The van der Waals surface area contributed by atoms with Crippen molar-refractivity contribution >= 4 is 5.78 Å². The molecule has 3 heterocycles. The summed E-state index contributed by atoms with van der Waals surface area (Å²) in [5.74, 6) is -0.292. The molecule has 0 aliphatic heterocycles. The topological polar surface area (TPSA) is 99.8 Å². The Hall–Kier alpha value is -6.65. The Bertz CT molecular complexity index is 2820. The zero-order valence-electron chi connectivity index (χ0n) is 36.2. The fourth-order valence-electron chi connectivity index (χ4n) is 6.13. The first-order valence-electron chi connectivity index (χ1n) is 20.2. The maximum atomic E-state index is 12.9. The minimum atomic E-state index is -0.229. The number of nitrogens with zero attached hydrogens (tertiary/aromatic N) is 4. The van der Waals surface area contributed by atoms with Crippen LogP contribution in [-0.4, -0.2) is 25.8 Å². The summed E-state index contributed by atoms with van der Waals surface area (Å²) in [7, 11) is 0. The second-order valence-corrected chi connectivity index (χ2v) is 14.1. The van der Waals surface area contributed by atoms with Crippen molar-refractivity contribution < 1.29 is 74.6 Å². The van der Waals surface area contributed by atoms with Crippen molar-refractivity contribution in [1.29, 1.82) is 5.26 Å². The number of benzene rings is 6. The molecule has 0 amide bonds. The van der Waals surface area contributed by atoms with Crippen LogP contribution in [0.1, 0.15) is 19.4 Å². The van der Waals surface area contributed by atoms with E-state index in [1.807, 2.05) is 158 Å². The minimum Gasteiger partial charge on any atom is -0.512 e. The van der Waals surface area contributed by atoms with Gasteiger partial charge in [0.25, 0.3) is 0 Å². The van der Waals surface area contributed by atoms with Gasteiger partial charge in [0, 0.05) is 85.0 Å². The van der Waals surface area contributed by atoms with E-state index in [4.69, 9.17) is 10.4 Å². The molecule has 0 aliphatic carbocycles. The largest absolute Gasteiger partial charge is 0.512 e. The van der Waals surface area contributed by atoms with Gasteiger partial charge in [-0.1, -0.05) is 91.0 Å². The van der Waals surface area contributed by atoms with Gasteiger partial charge in [0.15, 0.2) is 5.78 Å². The van der Waals surface area contributed by atoms with Crippen LogP contribution < -0.4 is 0 Å². The monoisotopic (exact) mass is 1410 g/mol. The van der Waals surface area contributed by atoms with Crippen molar-refractivity contribution in [2.24, 2.45) is 0 Å². The summed E-state index contributed by atoms with van der Waals surface area (Å²) in [6, 6.07) is 71.2. The van der Waals surface area contributed by atoms with Gasteiger partial charge in [0.2, 0.25) is 0 Å². The Balaban J connectivity index is 0.000000244. The predicted octanol–water partition coefficient (Wildman–Crippen LogP) is 13.7. The molecule has 0 saturated heterocycles. The summed E-state index contributed by atoms with van der Waals surface area (Å²) in [5, 5.41) is 17.2. The van der Waals surface area contributed by atoms with Gasteiger partial charge in [-0.15, -0.1) is 108 Å². The number of nitriles is 1. The molecular weight excluding hydrogens is 1370 g/mol. The maximum Gasteiger partial charge on any atom is 0.155 e. The first-order valence-corrected chi connectivity index (χ1v) is 20.2. The zero-order chi connectivity index (χ0) is 44.9. The second kappa shape index (κ2) is 29.1. The molecule has 67 heavy (non-hydrogen) atoms. The van der Waals surface area contributed by atoms with Gasteiger partial charge in [0.1, 0.15) is 5.82 Å². The minimum absolute atomic E-state index is 0. The molecule has 1 N–H and O–H groups in total. The number of aliphatic hydroxyl groups is 1. The Morgan fingerprint density at radius 1 is 0.493 bits per heavy atom. The maximum absolute atomic E-state index is 12.9. The van der Waals surface area contributed by atoms with Crippen LogP contribution in [0.25, 0.3) is 67.2 Å². The number of halogens is 1. The van der Waals surface area contributed by atoms with Crippen LogP contribution in [0.3, 0.4) is 0 Å². The SMILES string of the molecule is CC(=O)C=C(C)O.Fc1ccc(-c2ccc(-c3[c-]cccc3)nc2)cc1.N#Cc1ccc(-c2ccc(-c3[c-]cccc3)nc2)cc1.[Ir].[Ir].[Ir].[c-]1ccccc1-c1ccc(-c2ccccc2)cn1. The second-order valence-electron chi connectivity index (χ2n) is 14.1. The van der Waals surface area contributed by atoms with Crippen LogP contribution in [0, 0.1) is 35.3 Å². The van der Waals surface area contributed by atoms with Gasteiger partial charge in [0.05, 0.1) is 17.4 Å². The van der Waals surface area contributed by atoms with Crippen LogP contribution in [0.15, 0.2) is 218 Å². The van der Waals surface area contributed by atoms with Crippen molar-refractivity contribution in [3.05, 3.63) is 248 Å². The molecule has 3 radical (unpaired) electrons. The van der Waals surface area contributed by atoms with Crippen LogP contribution in [0.4, 0.5) is 4.39 Å². The first kappa shape index (κ1) is 54.7. The number of ketones is 1. The molecule has 6 nitrogen and oxygen atoms in total. The summed E-state index contributed by atoms with van der Waals surface area (Å²) in [6.07, 6.45) is 6.71. The van der Waals surface area contributed by atoms with E-state index in [2.05, 4.69) is 57.4 Å². The number of carbonyl (C=O) groups is 1. The van der Waals surface area contributed by atoms with Gasteiger partial charge in [-0.05, 0) is 88.6 Å². The van der Waals surface area contributed by atoms with Gasteiger partial charge < -0.3 is 20.1 Å². The van der Waals surface area contributed by atoms with Crippen LogP contribution in [-0.2, 0) is 65.1 Å². The van der Waals surface area contributed by atoms with E-state index in [1.165, 1.54) is 37.6 Å². The standard InChI is InChI=1S/C18H11N2.C17H11FN.C17H12N.C5H8O2.3Ir/c19-12-14-6-8-15(9-7-14)17-10-11-18(20-13-17)16-4-2-1-3-5-16;18-16-9-6-13(7-10-16)15-8-11-17(19-12-15)14-4-2-1-3-5-14;1-3-7-14(8-4-1)16-11-12-17(18-13-16)15-9-5-2-6-10-15;1-4(6)3-5(2)7;;;/h1-4,6-11,13H;1-4,6-12H;1-9,11-13H;3,6H,1-2H3;;;/q3*-1;;;;. The van der Waals surface area contributed by atoms with E-state index < -0.39 is 0 Å². The number of aromatic nitrogens is 3. The number of carbonyl (C=O) groups excluding carboxylic acids is 1. The Labute approximate surface area is 432 Å². The Morgan fingerprint density at radius 3 is 1.12 bits per heavy atom. The van der Waals surface area contributed by atoms with Crippen molar-refractivity contribution in [3.8, 4) is 73.2 Å². The molecule has 0 atom stereocenters. The molecule has 9 rings (SSSR count). The molecule has 10 heteroatoms. The van der Waals surface area contributed by atoms with Crippen LogP contribution in [0.2, 0.25) is 0 Å². The number of hydrogen-bond donors (Lipinski definition) is 1. The predicted molar refractivity (Wildman–Crippen MR) is 254 cm³/mol. The average molecular weight is 1410 g/mol. The number of pyridine rings is 3. The van der Waals surface area contributed by atoms with E-state index in [0.717, 1.165) is 61.6 Å². The molecule has 339 valence electrons. The van der Waals surface area contributed by atoms with Crippen molar-refractivity contribution in [2.45, 2.75) is 13.8 Å². The van der Waals surface area contributed by atoms with Crippen LogP contribution >= 0.6 is 0 Å². The molecule has 0 spiro atoms. The molecule has 0 unspecified atom stereocenters. The molecule has 0 bridgehead atoms. The number of rotatable bonds is 7. The van der Waals surface area contributed by atoms with Gasteiger partial charge in [-0.2, -0.15) is 5.26 Å². The smallest absolute Gasteiger partial charge is 0.155 e. The van der Waals surface area contributed by atoms with Gasteiger partial charge in [-0.25, -0.2) is 4.39 Å². The van der Waals surface area contributed by atoms with E-state index in [1.54, 1.807) is 18.3 Å². The summed E-state index contributed by atoms with van der Waals surface area (Å²) < 4.78 is 12.9. The quantitative estimate of drug-likeness (QED) is 0.0969. The molecule has 0 aliphatic rings. The normalized spacial score (nSPS) is 9.85. The number of aliphatic hydroxyl groups excluding tert-OH is 1. The number of allylic oxidation sites excluding steroid dienone is 2. The summed E-state index contributed by atoms with van der Waals surface area (Å²) >= 11 is 0. The van der Waals surface area contributed by atoms with E-state index in [-0.39, 0.29) is 77.7 Å². The third-order valence-electron chi connectivity index (χ3n) is 9.29. The summed E-state index contributed by atoms with van der Waals surface area (Å²) in [5.41, 5.74) is 12.7. The Kier molecular flexibility index (Phi) is 23.7. The number of hydrogen-bond acceptors (Lipinski definition) is 6. The van der Waals surface area contributed by atoms with E-state index >= 15 is 0 Å². The van der Waals surface area contributed by atoms with Crippen molar-refractivity contribution in [2.75, 3.05) is 0 Å². The third kappa shape index (κ3) is 17.6. The van der Waals surface area contributed by atoms with Crippen LogP contribution in [0.5, 0.6) is 0 Å². The summed E-state index contributed by atoms with van der Waals surface area (Å²) in [4.78, 5) is 23.4. The third-order valence-corrected chi connectivity index (χ3v) is 9.29. The van der Waals surface area contributed by atoms with E-state index in [0.29, 0.717) is 5.56 Å². The molecule has 6 aromatic carbocycles. The van der Waals surface area contributed by atoms with Gasteiger partial charge >= 0.3 is 0 Å². The van der Waals surface area contributed by atoms with Crippen molar-refractivity contribution in [3.63, 3.8) is 0 Å². The average Bonchev–Trinajstić information content (AvgIpc) is 3.36. The molecule has 0 fully saturated rings. The fraction of sp³-hybridized carbons (Fsp3) is 0.0351.